The third-order valence-corrected chi connectivity index (χ3v) is 4.34. The molecular formula is C10H19NO4S. The summed E-state index contributed by atoms with van der Waals surface area (Å²) in [5.74, 6) is -0.991. The van der Waals surface area contributed by atoms with Crippen LogP contribution in [0.4, 0.5) is 0 Å². The first-order valence-electron chi connectivity index (χ1n) is 5.06. The van der Waals surface area contributed by atoms with Gasteiger partial charge in [-0.3, -0.25) is 9.69 Å². The molecule has 0 aromatic heterocycles. The molecule has 0 aliphatic carbocycles. The first-order chi connectivity index (χ1) is 7.29. The molecule has 0 rings (SSSR count). The molecule has 0 amide bonds. The van der Waals surface area contributed by atoms with E-state index in [1.54, 1.807) is 19.9 Å². The maximum absolute atomic E-state index is 11.5. The van der Waals surface area contributed by atoms with Crippen molar-refractivity contribution in [2.45, 2.75) is 19.1 Å². The van der Waals surface area contributed by atoms with Crippen LogP contribution in [0, 0.1) is 0 Å². The number of hydrogen-bond acceptors (Lipinski definition) is 4. The van der Waals surface area contributed by atoms with Crippen molar-refractivity contribution in [2.24, 2.45) is 0 Å². The van der Waals surface area contributed by atoms with Crippen molar-refractivity contribution < 1.29 is 18.3 Å². The summed E-state index contributed by atoms with van der Waals surface area (Å²) in [6.45, 7) is 7.16. The average Bonchev–Trinajstić information content (AvgIpc) is 2.13. The van der Waals surface area contributed by atoms with Crippen molar-refractivity contribution in [2.75, 3.05) is 25.4 Å². The van der Waals surface area contributed by atoms with E-state index in [0.717, 1.165) is 0 Å². The van der Waals surface area contributed by atoms with Crippen LogP contribution < -0.4 is 0 Å². The largest absolute Gasteiger partial charge is 0.480 e. The van der Waals surface area contributed by atoms with Gasteiger partial charge < -0.3 is 5.11 Å². The summed E-state index contributed by atoms with van der Waals surface area (Å²) in [6, 6.07) is 0. The van der Waals surface area contributed by atoms with Gasteiger partial charge in [0.25, 0.3) is 0 Å². The fourth-order valence-corrected chi connectivity index (χ4v) is 2.08. The molecule has 0 saturated carbocycles. The highest BCUT2D eigenvalue weighted by atomic mass is 32.2. The van der Waals surface area contributed by atoms with Crippen LogP contribution in [0.2, 0.25) is 0 Å². The van der Waals surface area contributed by atoms with E-state index >= 15 is 0 Å². The fourth-order valence-electron chi connectivity index (χ4n) is 1.10. The smallest absolute Gasteiger partial charge is 0.317 e. The Balaban J connectivity index is 4.31. The molecule has 5 nitrogen and oxygen atoms in total. The minimum atomic E-state index is -3.12. The zero-order valence-electron chi connectivity index (χ0n) is 9.72. The number of aliphatic carboxylic acids is 1. The SMILES string of the molecule is C=CCN(CCS(=O)(=O)C(C)C)CC(=O)O. The van der Waals surface area contributed by atoms with Crippen molar-refractivity contribution in [3.63, 3.8) is 0 Å². The van der Waals surface area contributed by atoms with Gasteiger partial charge in [0.05, 0.1) is 17.5 Å². The molecular weight excluding hydrogens is 230 g/mol. The lowest BCUT2D eigenvalue weighted by molar-refractivity contribution is -0.138. The summed E-state index contributed by atoms with van der Waals surface area (Å²) in [5.41, 5.74) is 0. The summed E-state index contributed by atoms with van der Waals surface area (Å²) in [7, 11) is -3.12. The van der Waals surface area contributed by atoms with E-state index in [0.29, 0.717) is 6.54 Å². The van der Waals surface area contributed by atoms with Crippen LogP contribution in [0.3, 0.4) is 0 Å². The van der Waals surface area contributed by atoms with Crippen LogP contribution in [0.5, 0.6) is 0 Å². The molecule has 1 N–H and O–H groups in total. The summed E-state index contributed by atoms with van der Waals surface area (Å²) >= 11 is 0. The molecule has 0 heterocycles. The maximum Gasteiger partial charge on any atom is 0.317 e. The summed E-state index contributed by atoms with van der Waals surface area (Å²) in [6.07, 6.45) is 1.56. The summed E-state index contributed by atoms with van der Waals surface area (Å²) < 4.78 is 23.0. The molecule has 0 spiro atoms. The number of rotatable bonds is 8. The highest BCUT2D eigenvalue weighted by molar-refractivity contribution is 7.92. The fraction of sp³-hybridized carbons (Fsp3) is 0.700. The predicted molar refractivity (Wildman–Crippen MR) is 63.2 cm³/mol. The number of hydrogen-bond donors (Lipinski definition) is 1. The van der Waals surface area contributed by atoms with Crippen molar-refractivity contribution in [1.82, 2.24) is 4.90 Å². The van der Waals surface area contributed by atoms with Crippen LogP contribution in [-0.2, 0) is 14.6 Å². The molecule has 16 heavy (non-hydrogen) atoms. The Morgan fingerprint density at radius 2 is 2.06 bits per heavy atom. The zero-order chi connectivity index (χ0) is 12.8. The van der Waals surface area contributed by atoms with E-state index in [1.165, 1.54) is 4.90 Å². The maximum atomic E-state index is 11.5. The monoisotopic (exact) mass is 249 g/mol. The van der Waals surface area contributed by atoms with Crippen molar-refractivity contribution >= 4 is 15.8 Å². The molecule has 0 bridgehead atoms. The van der Waals surface area contributed by atoms with E-state index < -0.39 is 21.1 Å². The zero-order valence-corrected chi connectivity index (χ0v) is 10.5. The van der Waals surface area contributed by atoms with Gasteiger partial charge in [-0.25, -0.2) is 8.42 Å². The second-order valence-corrected chi connectivity index (χ2v) is 6.51. The van der Waals surface area contributed by atoms with Crippen LogP contribution in [0.25, 0.3) is 0 Å². The van der Waals surface area contributed by atoms with Crippen LogP contribution in [0.1, 0.15) is 13.8 Å². The van der Waals surface area contributed by atoms with E-state index in [1.807, 2.05) is 0 Å². The quantitative estimate of drug-likeness (QED) is 0.630. The summed E-state index contributed by atoms with van der Waals surface area (Å²) in [5, 5.41) is 8.20. The number of carboxylic acids is 1. The van der Waals surface area contributed by atoms with Crippen LogP contribution in [-0.4, -0.2) is 55.0 Å². The molecule has 0 fully saturated rings. The van der Waals surface area contributed by atoms with Gasteiger partial charge in [0.2, 0.25) is 0 Å². The van der Waals surface area contributed by atoms with Gasteiger partial charge in [-0.2, -0.15) is 0 Å². The normalized spacial score (nSPS) is 12.0. The highest BCUT2D eigenvalue weighted by Gasteiger charge is 2.18. The molecule has 0 aromatic carbocycles. The summed E-state index contributed by atoms with van der Waals surface area (Å²) in [4.78, 5) is 12.1. The molecule has 0 saturated heterocycles. The van der Waals surface area contributed by atoms with Gasteiger partial charge in [-0.05, 0) is 13.8 Å². The Morgan fingerprint density at radius 3 is 2.44 bits per heavy atom. The molecule has 6 heteroatoms. The number of carboxylic acid groups (broad SMARTS) is 1. The molecule has 0 atom stereocenters. The minimum Gasteiger partial charge on any atom is -0.480 e. The lowest BCUT2D eigenvalue weighted by Gasteiger charge is -2.18. The average molecular weight is 249 g/mol. The molecule has 0 radical (unpaired) electrons. The van der Waals surface area contributed by atoms with Crippen LogP contribution in [0.15, 0.2) is 12.7 Å². The Bertz CT molecular complexity index is 335. The predicted octanol–water partition coefficient (Wildman–Crippen LogP) is 0.382. The van der Waals surface area contributed by atoms with Gasteiger partial charge in [0, 0.05) is 13.1 Å². The number of sulfone groups is 1. The molecule has 94 valence electrons. The minimum absolute atomic E-state index is 0.0220. The molecule has 0 aliphatic rings. The third kappa shape index (κ3) is 5.87. The Kier molecular flexibility index (Phi) is 6.28. The van der Waals surface area contributed by atoms with Gasteiger partial charge in [0.15, 0.2) is 9.84 Å². The molecule has 0 unspecified atom stereocenters. The first-order valence-corrected chi connectivity index (χ1v) is 6.77. The first kappa shape index (κ1) is 15.1. The second kappa shape index (κ2) is 6.65. The Morgan fingerprint density at radius 1 is 1.50 bits per heavy atom. The number of carbonyl (C=O) groups is 1. The number of nitrogens with zero attached hydrogens (tertiary/aromatic N) is 1. The van der Waals surface area contributed by atoms with E-state index in [9.17, 15) is 13.2 Å². The third-order valence-electron chi connectivity index (χ3n) is 2.16. The Hall–Kier alpha value is -0.880. The van der Waals surface area contributed by atoms with Crippen molar-refractivity contribution in [3.8, 4) is 0 Å². The van der Waals surface area contributed by atoms with E-state index in [-0.39, 0.29) is 18.8 Å². The second-order valence-electron chi connectivity index (χ2n) is 3.83. The van der Waals surface area contributed by atoms with Gasteiger partial charge in [0.1, 0.15) is 0 Å². The van der Waals surface area contributed by atoms with Gasteiger partial charge >= 0.3 is 5.97 Å². The Labute approximate surface area is 96.7 Å². The molecule has 0 aromatic rings. The van der Waals surface area contributed by atoms with E-state index in [4.69, 9.17) is 5.11 Å². The topological polar surface area (TPSA) is 74.7 Å². The van der Waals surface area contributed by atoms with Crippen molar-refractivity contribution in [3.05, 3.63) is 12.7 Å². The van der Waals surface area contributed by atoms with Crippen LogP contribution >= 0.6 is 0 Å². The van der Waals surface area contributed by atoms with Gasteiger partial charge in [-0.15, -0.1) is 6.58 Å². The lowest BCUT2D eigenvalue weighted by atomic mass is 10.4. The molecule has 0 aliphatic heterocycles. The van der Waals surface area contributed by atoms with Crippen molar-refractivity contribution in [1.29, 1.82) is 0 Å². The van der Waals surface area contributed by atoms with Gasteiger partial charge in [-0.1, -0.05) is 6.08 Å². The lowest BCUT2D eigenvalue weighted by Crippen LogP contribution is -2.35. The highest BCUT2D eigenvalue weighted by Crippen LogP contribution is 2.01. The van der Waals surface area contributed by atoms with E-state index in [2.05, 4.69) is 6.58 Å². The standard InChI is InChI=1S/C10H19NO4S/c1-4-5-11(8-10(12)13)6-7-16(14,15)9(2)3/h4,9H,1,5-8H2,2-3H3,(H,12,13).